The molecular weight excluding hydrogens is 258 g/mol. The van der Waals surface area contributed by atoms with Crippen LogP contribution >= 0.6 is 0 Å². The Morgan fingerprint density at radius 2 is 2.11 bits per heavy atom. The van der Waals surface area contributed by atoms with Crippen molar-refractivity contribution in [1.82, 2.24) is 0 Å². The van der Waals surface area contributed by atoms with Crippen LogP contribution in [0.3, 0.4) is 0 Å². The van der Waals surface area contributed by atoms with Gasteiger partial charge in [-0.25, -0.2) is 13.2 Å². The van der Waals surface area contributed by atoms with Gasteiger partial charge in [0.25, 0.3) is 0 Å². The van der Waals surface area contributed by atoms with Crippen molar-refractivity contribution in [3.63, 3.8) is 0 Å². The van der Waals surface area contributed by atoms with Crippen molar-refractivity contribution in [1.29, 1.82) is 0 Å². The molecule has 2 rings (SSSR count). The summed E-state index contributed by atoms with van der Waals surface area (Å²) in [7, 11) is -3.43. The number of hydrogen-bond donors (Lipinski definition) is 2. The van der Waals surface area contributed by atoms with Gasteiger partial charge in [-0.3, -0.25) is 4.72 Å². The molecule has 1 fully saturated rings. The normalized spacial score (nSPS) is 15.2. The third-order valence-corrected chi connectivity index (χ3v) is 2.94. The number of carboxylic acids is 1. The largest absolute Gasteiger partial charge is 0.490 e. The summed E-state index contributed by atoms with van der Waals surface area (Å²) in [4.78, 5) is 11.1. The van der Waals surface area contributed by atoms with E-state index in [1.807, 2.05) is 0 Å². The van der Waals surface area contributed by atoms with Gasteiger partial charge in [0.1, 0.15) is 11.3 Å². The Labute approximate surface area is 105 Å². The number of hydrogen-bond acceptors (Lipinski definition) is 4. The molecule has 98 valence electrons. The fraction of sp³-hybridized carbons (Fsp3) is 0.364. The van der Waals surface area contributed by atoms with E-state index in [0.717, 1.165) is 19.1 Å². The molecule has 0 amide bonds. The molecule has 7 heteroatoms. The molecule has 1 saturated carbocycles. The lowest BCUT2D eigenvalue weighted by Gasteiger charge is -2.10. The van der Waals surface area contributed by atoms with Crippen LogP contribution in [0.5, 0.6) is 5.75 Å². The topological polar surface area (TPSA) is 92.7 Å². The molecule has 0 saturated heterocycles. The summed E-state index contributed by atoms with van der Waals surface area (Å²) in [6.45, 7) is 0. The Balaban J connectivity index is 2.30. The summed E-state index contributed by atoms with van der Waals surface area (Å²) in [6.07, 6.45) is 2.92. The fourth-order valence-corrected chi connectivity index (χ4v) is 2.00. The molecule has 0 spiro atoms. The summed E-state index contributed by atoms with van der Waals surface area (Å²) in [5, 5.41) is 9.06. The highest BCUT2D eigenvalue weighted by Crippen LogP contribution is 2.30. The first-order valence-electron chi connectivity index (χ1n) is 5.37. The number of nitrogens with one attached hydrogen (secondary N) is 1. The Bertz CT molecular complexity index is 577. The van der Waals surface area contributed by atoms with Crippen molar-refractivity contribution >= 4 is 21.7 Å². The van der Waals surface area contributed by atoms with Gasteiger partial charge < -0.3 is 9.84 Å². The molecule has 1 aliphatic rings. The van der Waals surface area contributed by atoms with Gasteiger partial charge in [-0.05, 0) is 31.0 Å². The minimum absolute atomic E-state index is 0.0458. The van der Waals surface area contributed by atoms with Crippen LogP contribution in [0.2, 0.25) is 0 Å². The summed E-state index contributed by atoms with van der Waals surface area (Å²) >= 11 is 0. The number of aromatic carboxylic acids is 1. The molecule has 0 bridgehead atoms. The molecule has 6 nitrogen and oxygen atoms in total. The number of benzene rings is 1. The maximum atomic E-state index is 11.1. The predicted molar refractivity (Wildman–Crippen MR) is 65.5 cm³/mol. The summed E-state index contributed by atoms with van der Waals surface area (Å²) in [5.41, 5.74) is 0.161. The van der Waals surface area contributed by atoms with Crippen LogP contribution < -0.4 is 9.46 Å². The quantitative estimate of drug-likeness (QED) is 0.842. The maximum absolute atomic E-state index is 11.1. The lowest BCUT2D eigenvalue weighted by molar-refractivity contribution is 0.0692. The van der Waals surface area contributed by atoms with Crippen molar-refractivity contribution in [2.45, 2.75) is 18.9 Å². The van der Waals surface area contributed by atoms with Crippen LogP contribution in [0.4, 0.5) is 5.69 Å². The van der Waals surface area contributed by atoms with E-state index in [0.29, 0.717) is 0 Å². The van der Waals surface area contributed by atoms with E-state index >= 15 is 0 Å². The second-order valence-corrected chi connectivity index (χ2v) is 5.96. The third-order valence-electron chi connectivity index (χ3n) is 2.33. The number of carboxylic acid groups (broad SMARTS) is 1. The van der Waals surface area contributed by atoms with Gasteiger partial charge in [0.15, 0.2) is 0 Å². The predicted octanol–water partition coefficient (Wildman–Crippen LogP) is 1.30. The Kier molecular flexibility index (Phi) is 3.16. The summed E-state index contributed by atoms with van der Waals surface area (Å²) in [6, 6.07) is 4.20. The van der Waals surface area contributed by atoms with Crippen LogP contribution in [-0.2, 0) is 10.0 Å². The van der Waals surface area contributed by atoms with Crippen molar-refractivity contribution in [2.24, 2.45) is 0 Å². The minimum Gasteiger partial charge on any atom is -0.490 e. The van der Waals surface area contributed by atoms with Gasteiger partial charge in [0.2, 0.25) is 10.0 Å². The van der Waals surface area contributed by atoms with Gasteiger partial charge in [0.05, 0.1) is 12.4 Å². The van der Waals surface area contributed by atoms with E-state index in [4.69, 9.17) is 9.84 Å². The molecule has 0 atom stereocenters. The Hall–Kier alpha value is -1.76. The van der Waals surface area contributed by atoms with Crippen LogP contribution in [0.1, 0.15) is 23.2 Å². The van der Waals surface area contributed by atoms with Crippen LogP contribution in [0, 0.1) is 0 Å². The molecule has 1 aliphatic carbocycles. The highest BCUT2D eigenvalue weighted by molar-refractivity contribution is 7.92. The highest BCUT2D eigenvalue weighted by atomic mass is 32.2. The van der Waals surface area contributed by atoms with Crippen molar-refractivity contribution in [2.75, 3.05) is 11.0 Å². The van der Waals surface area contributed by atoms with E-state index in [9.17, 15) is 13.2 Å². The molecule has 0 unspecified atom stereocenters. The third kappa shape index (κ3) is 3.36. The average molecular weight is 271 g/mol. The fourth-order valence-electron chi connectivity index (χ4n) is 1.44. The van der Waals surface area contributed by atoms with Crippen LogP contribution in [0.25, 0.3) is 0 Å². The molecule has 0 heterocycles. The van der Waals surface area contributed by atoms with Crippen LogP contribution in [-0.4, -0.2) is 31.9 Å². The number of ether oxygens (including phenoxy) is 1. The van der Waals surface area contributed by atoms with E-state index in [1.54, 1.807) is 0 Å². The van der Waals surface area contributed by atoms with Gasteiger partial charge in [-0.1, -0.05) is 0 Å². The monoisotopic (exact) mass is 271 g/mol. The van der Waals surface area contributed by atoms with Crippen molar-refractivity contribution in [3.05, 3.63) is 23.8 Å². The van der Waals surface area contributed by atoms with Gasteiger partial charge >= 0.3 is 5.97 Å². The summed E-state index contributed by atoms with van der Waals surface area (Å²) in [5.74, 6) is -0.883. The second kappa shape index (κ2) is 4.49. The maximum Gasteiger partial charge on any atom is 0.339 e. The first kappa shape index (κ1) is 12.7. The molecule has 18 heavy (non-hydrogen) atoms. The zero-order valence-corrected chi connectivity index (χ0v) is 10.5. The molecule has 1 aromatic carbocycles. The van der Waals surface area contributed by atoms with E-state index < -0.39 is 16.0 Å². The molecule has 0 radical (unpaired) electrons. The van der Waals surface area contributed by atoms with Gasteiger partial charge in [0, 0.05) is 5.69 Å². The molecule has 2 N–H and O–H groups in total. The van der Waals surface area contributed by atoms with E-state index in [1.165, 1.54) is 18.2 Å². The zero-order valence-electron chi connectivity index (χ0n) is 9.71. The number of sulfonamides is 1. The Morgan fingerprint density at radius 1 is 1.44 bits per heavy atom. The van der Waals surface area contributed by atoms with Crippen molar-refractivity contribution < 1.29 is 23.1 Å². The zero-order chi connectivity index (χ0) is 13.3. The SMILES string of the molecule is CS(=O)(=O)Nc1ccc(OC2CC2)c(C(=O)O)c1. The standard InChI is InChI=1S/C11H13NO5S/c1-18(15,16)12-7-2-5-10(17-8-3-4-8)9(6-7)11(13)14/h2,5-6,8,12H,3-4H2,1H3,(H,13,14). The second-order valence-electron chi connectivity index (χ2n) is 4.21. The van der Waals surface area contributed by atoms with E-state index in [-0.39, 0.29) is 23.1 Å². The summed E-state index contributed by atoms with van der Waals surface area (Å²) < 4.78 is 29.8. The van der Waals surface area contributed by atoms with Crippen LogP contribution in [0.15, 0.2) is 18.2 Å². The number of rotatable bonds is 5. The number of carbonyl (C=O) groups is 1. The molecule has 0 aromatic heterocycles. The highest BCUT2D eigenvalue weighted by Gasteiger charge is 2.25. The van der Waals surface area contributed by atoms with Crippen molar-refractivity contribution in [3.8, 4) is 5.75 Å². The lowest BCUT2D eigenvalue weighted by Crippen LogP contribution is -2.11. The Morgan fingerprint density at radius 3 is 2.61 bits per heavy atom. The first-order valence-corrected chi connectivity index (χ1v) is 7.26. The minimum atomic E-state index is -3.43. The molecule has 0 aliphatic heterocycles. The van der Waals surface area contributed by atoms with E-state index in [2.05, 4.69) is 4.72 Å². The average Bonchev–Trinajstić information content (AvgIpc) is 3.01. The molecular formula is C11H13NO5S. The van der Waals surface area contributed by atoms with Gasteiger partial charge in [-0.2, -0.15) is 0 Å². The molecule has 1 aromatic rings. The smallest absolute Gasteiger partial charge is 0.339 e. The number of anilines is 1. The first-order chi connectivity index (χ1) is 8.35. The van der Waals surface area contributed by atoms with Gasteiger partial charge in [-0.15, -0.1) is 0 Å². The lowest BCUT2D eigenvalue weighted by atomic mass is 10.2.